The van der Waals surface area contributed by atoms with Crippen molar-refractivity contribution < 1.29 is 4.79 Å². The van der Waals surface area contributed by atoms with Crippen LogP contribution in [0.3, 0.4) is 0 Å². The molecule has 1 aliphatic carbocycles. The first-order valence-corrected chi connectivity index (χ1v) is 8.79. The van der Waals surface area contributed by atoms with Crippen LogP contribution in [0, 0.1) is 5.92 Å². The summed E-state index contributed by atoms with van der Waals surface area (Å²) in [5.41, 5.74) is 2.59. The lowest BCUT2D eigenvalue weighted by Gasteiger charge is -2.18. The van der Waals surface area contributed by atoms with Crippen LogP contribution in [0.1, 0.15) is 31.6 Å². The predicted molar refractivity (Wildman–Crippen MR) is 97.3 cm³/mol. The average molecular weight is 351 g/mol. The molecule has 0 spiro atoms. The van der Waals surface area contributed by atoms with E-state index in [1.54, 1.807) is 12.5 Å². The highest BCUT2D eigenvalue weighted by Gasteiger charge is 2.36. The number of nitrogens with zero attached hydrogens (tertiary/aromatic N) is 4. The first kappa shape index (κ1) is 16.3. The van der Waals surface area contributed by atoms with Crippen LogP contribution >= 0.6 is 0 Å². The van der Waals surface area contributed by atoms with E-state index in [9.17, 15) is 4.79 Å². The lowest BCUT2D eigenvalue weighted by Crippen LogP contribution is -2.35. The Labute approximate surface area is 151 Å². The van der Waals surface area contributed by atoms with Crippen LogP contribution in [0.4, 0.5) is 10.5 Å². The maximum absolute atomic E-state index is 12.5. The Bertz CT molecular complexity index is 883. The maximum Gasteiger partial charge on any atom is 0.319 e. The minimum absolute atomic E-state index is 0.117. The summed E-state index contributed by atoms with van der Waals surface area (Å²) in [6.45, 7) is 2.75. The number of rotatable bonds is 6. The van der Waals surface area contributed by atoms with Crippen LogP contribution in [-0.2, 0) is 6.54 Å². The first-order chi connectivity index (χ1) is 12.7. The quantitative estimate of drug-likeness (QED) is 0.635. The fourth-order valence-electron chi connectivity index (χ4n) is 3.07. The molecule has 8 heteroatoms. The zero-order chi connectivity index (χ0) is 17.9. The van der Waals surface area contributed by atoms with Gasteiger partial charge in [0.25, 0.3) is 0 Å². The van der Waals surface area contributed by atoms with Gasteiger partial charge in [0.2, 0.25) is 0 Å². The molecule has 8 nitrogen and oxygen atoms in total. The van der Waals surface area contributed by atoms with Crippen molar-refractivity contribution >= 4 is 11.7 Å². The number of aryl methyl sites for hydroxylation is 1. The molecule has 3 aromatic rings. The van der Waals surface area contributed by atoms with Crippen molar-refractivity contribution in [3.05, 3.63) is 48.7 Å². The molecule has 3 N–H and O–H groups in total. The van der Waals surface area contributed by atoms with Crippen molar-refractivity contribution in [2.24, 2.45) is 5.92 Å². The highest BCUT2D eigenvalue weighted by atomic mass is 16.2. The second-order valence-corrected chi connectivity index (χ2v) is 6.40. The number of urea groups is 1. The molecule has 4 rings (SSSR count). The number of anilines is 1. The molecule has 1 fully saturated rings. The number of amides is 2. The standard InChI is InChI=1S/C18H21N7O/c1-2-25-17(19-11-21-25)16(12-6-7-12)23-18(26)22-14-5-3-4-13(10-14)15-8-9-20-24-15/h3-5,8-12,16H,2,6-7H2,1H3,(H,20,24)(H2,22,23,26)/t16-/m0/s1. The van der Waals surface area contributed by atoms with Gasteiger partial charge in [0.05, 0.1) is 11.7 Å². The topological polar surface area (TPSA) is 101 Å². The molecule has 2 aromatic heterocycles. The number of hydrogen-bond donors (Lipinski definition) is 3. The van der Waals surface area contributed by atoms with E-state index in [1.807, 2.05) is 41.9 Å². The number of carbonyl (C=O) groups excluding carboxylic acids is 1. The van der Waals surface area contributed by atoms with E-state index in [1.165, 1.54) is 0 Å². The number of nitrogens with one attached hydrogen (secondary N) is 3. The van der Waals surface area contributed by atoms with Crippen LogP contribution in [0.5, 0.6) is 0 Å². The summed E-state index contributed by atoms with van der Waals surface area (Å²) in [5, 5.41) is 17.1. The predicted octanol–water partition coefficient (Wildman–Crippen LogP) is 2.96. The molecular formula is C18H21N7O. The zero-order valence-electron chi connectivity index (χ0n) is 14.5. The second-order valence-electron chi connectivity index (χ2n) is 6.40. The highest BCUT2D eigenvalue weighted by Crippen LogP contribution is 2.40. The van der Waals surface area contributed by atoms with Gasteiger partial charge in [0.15, 0.2) is 0 Å². The van der Waals surface area contributed by atoms with E-state index in [4.69, 9.17) is 0 Å². The fourth-order valence-corrected chi connectivity index (χ4v) is 3.07. The summed E-state index contributed by atoms with van der Waals surface area (Å²) in [6.07, 6.45) is 5.43. The lowest BCUT2D eigenvalue weighted by atomic mass is 10.1. The average Bonchev–Trinajstić information content (AvgIpc) is 3.15. The molecule has 2 heterocycles. The van der Waals surface area contributed by atoms with E-state index in [0.29, 0.717) is 5.92 Å². The van der Waals surface area contributed by atoms with Gasteiger partial charge in [0.1, 0.15) is 12.2 Å². The minimum Gasteiger partial charge on any atom is -0.328 e. The van der Waals surface area contributed by atoms with Gasteiger partial charge in [-0.15, -0.1) is 0 Å². The van der Waals surface area contributed by atoms with Crippen molar-refractivity contribution in [3.8, 4) is 11.3 Å². The second kappa shape index (κ2) is 6.99. The van der Waals surface area contributed by atoms with Gasteiger partial charge >= 0.3 is 6.03 Å². The maximum atomic E-state index is 12.5. The smallest absolute Gasteiger partial charge is 0.319 e. The number of carbonyl (C=O) groups is 1. The Morgan fingerprint density at radius 1 is 1.38 bits per heavy atom. The molecule has 1 aliphatic rings. The first-order valence-electron chi connectivity index (χ1n) is 8.79. The summed E-state index contributed by atoms with van der Waals surface area (Å²) in [5.74, 6) is 1.24. The number of aromatic nitrogens is 5. The Morgan fingerprint density at radius 3 is 3.00 bits per heavy atom. The molecule has 134 valence electrons. The van der Waals surface area contributed by atoms with Gasteiger partial charge in [-0.3, -0.25) is 5.10 Å². The van der Waals surface area contributed by atoms with Gasteiger partial charge in [-0.1, -0.05) is 12.1 Å². The van der Waals surface area contributed by atoms with E-state index in [-0.39, 0.29) is 12.1 Å². The third kappa shape index (κ3) is 3.44. The van der Waals surface area contributed by atoms with Crippen molar-refractivity contribution in [2.45, 2.75) is 32.4 Å². The number of H-pyrrole nitrogens is 1. The molecule has 2 amide bonds. The Balaban J connectivity index is 1.47. The lowest BCUT2D eigenvalue weighted by molar-refractivity contribution is 0.246. The van der Waals surface area contributed by atoms with Crippen molar-refractivity contribution in [1.82, 2.24) is 30.3 Å². The highest BCUT2D eigenvalue weighted by molar-refractivity contribution is 5.90. The van der Waals surface area contributed by atoms with Gasteiger partial charge in [-0.2, -0.15) is 10.2 Å². The largest absolute Gasteiger partial charge is 0.328 e. The van der Waals surface area contributed by atoms with Crippen molar-refractivity contribution in [1.29, 1.82) is 0 Å². The van der Waals surface area contributed by atoms with Gasteiger partial charge < -0.3 is 10.6 Å². The van der Waals surface area contributed by atoms with Crippen molar-refractivity contribution in [3.63, 3.8) is 0 Å². The number of hydrogen-bond acceptors (Lipinski definition) is 4. The zero-order valence-corrected chi connectivity index (χ0v) is 14.5. The Hall–Kier alpha value is -3.16. The fraction of sp³-hybridized carbons (Fsp3) is 0.333. The van der Waals surface area contributed by atoms with E-state index in [0.717, 1.165) is 42.2 Å². The van der Waals surface area contributed by atoms with Crippen LogP contribution in [-0.4, -0.2) is 31.0 Å². The van der Waals surface area contributed by atoms with Crippen LogP contribution in [0.25, 0.3) is 11.3 Å². The van der Waals surface area contributed by atoms with Gasteiger partial charge in [0, 0.05) is 24.0 Å². The third-order valence-electron chi connectivity index (χ3n) is 4.54. The molecule has 0 radical (unpaired) electrons. The molecule has 0 unspecified atom stereocenters. The van der Waals surface area contributed by atoms with Gasteiger partial charge in [-0.05, 0) is 43.9 Å². The molecule has 0 bridgehead atoms. The summed E-state index contributed by atoms with van der Waals surface area (Å²) < 4.78 is 1.84. The summed E-state index contributed by atoms with van der Waals surface area (Å²) >= 11 is 0. The summed E-state index contributed by atoms with van der Waals surface area (Å²) in [7, 11) is 0. The third-order valence-corrected chi connectivity index (χ3v) is 4.54. The molecular weight excluding hydrogens is 330 g/mol. The number of aromatic amines is 1. The van der Waals surface area contributed by atoms with E-state index in [2.05, 4.69) is 30.9 Å². The Morgan fingerprint density at radius 2 is 2.27 bits per heavy atom. The molecule has 1 aromatic carbocycles. The molecule has 0 saturated heterocycles. The van der Waals surface area contributed by atoms with Crippen molar-refractivity contribution in [2.75, 3.05) is 5.32 Å². The van der Waals surface area contributed by atoms with Gasteiger partial charge in [-0.25, -0.2) is 14.5 Å². The molecule has 0 aliphatic heterocycles. The Kier molecular flexibility index (Phi) is 4.39. The summed E-state index contributed by atoms with van der Waals surface area (Å²) in [6, 6.07) is 9.17. The normalized spacial score (nSPS) is 14.8. The molecule has 1 atom stereocenters. The molecule has 1 saturated carbocycles. The monoisotopic (exact) mass is 351 g/mol. The van der Waals surface area contributed by atoms with Crippen LogP contribution in [0.2, 0.25) is 0 Å². The number of benzene rings is 1. The van der Waals surface area contributed by atoms with E-state index < -0.39 is 0 Å². The van der Waals surface area contributed by atoms with Crippen LogP contribution < -0.4 is 10.6 Å². The van der Waals surface area contributed by atoms with Crippen LogP contribution in [0.15, 0.2) is 42.9 Å². The SMILES string of the molecule is CCn1ncnc1[C@@H](NC(=O)Nc1cccc(-c2ccn[nH]2)c1)C1CC1. The minimum atomic E-state index is -0.241. The molecule has 26 heavy (non-hydrogen) atoms. The summed E-state index contributed by atoms with van der Waals surface area (Å²) in [4.78, 5) is 16.9. The van der Waals surface area contributed by atoms with E-state index >= 15 is 0 Å².